The normalized spacial score (nSPS) is 11.7. The van der Waals surface area contributed by atoms with E-state index < -0.39 is 7.94 Å². The molecule has 0 radical (unpaired) electrons. The molecule has 0 amide bonds. The van der Waals surface area contributed by atoms with Crippen molar-refractivity contribution in [2.24, 2.45) is 0 Å². The zero-order valence-corrected chi connectivity index (χ0v) is 10.5. The van der Waals surface area contributed by atoms with Gasteiger partial charge < -0.3 is 0 Å². The van der Waals surface area contributed by atoms with Gasteiger partial charge in [0.25, 0.3) is 0 Å². The van der Waals surface area contributed by atoms with Gasteiger partial charge in [0.05, 0.1) is 13.2 Å². The van der Waals surface area contributed by atoms with Crippen LogP contribution in [0.4, 0.5) is 0 Å². The predicted octanol–water partition coefficient (Wildman–Crippen LogP) is 2.79. The van der Waals surface area contributed by atoms with E-state index in [9.17, 15) is 4.89 Å². The van der Waals surface area contributed by atoms with E-state index >= 15 is 0 Å². The maximum absolute atomic E-state index is 10.2. The lowest BCUT2D eigenvalue weighted by Gasteiger charge is -2.15. The van der Waals surface area contributed by atoms with Crippen molar-refractivity contribution < 1.29 is 13.9 Å². The van der Waals surface area contributed by atoms with Gasteiger partial charge in [-0.05, 0) is 38.1 Å². The van der Waals surface area contributed by atoms with Crippen molar-refractivity contribution in [3.63, 3.8) is 0 Å². The van der Waals surface area contributed by atoms with Crippen LogP contribution in [0.15, 0.2) is 24.3 Å². The maximum atomic E-state index is 10.2. The van der Waals surface area contributed by atoms with Gasteiger partial charge in [0.2, 0.25) is 0 Å². The summed E-state index contributed by atoms with van der Waals surface area (Å²) >= 11 is 5.76. The lowest BCUT2D eigenvalue weighted by atomic mass is 10.4. The van der Waals surface area contributed by atoms with E-state index in [1.807, 2.05) is 13.8 Å². The number of halogens is 1. The van der Waals surface area contributed by atoms with E-state index in [0.717, 1.165) is 0 Å². The average molecular weight is 250 g/mol. The molecule has 0 fully saturated rings. The highest BCUT2D eigenvalue weighted by Crippen LogP contribution is 2.55. The molecule has 0 aliphatic rings. The molecule has 0 saturated carbocycles. The van der Waals surface area contributed by atoms with Crippen LogP contribution in [0.25, 0.3) is 0 Å². The Hall–Kier alpha value is -0.180. The number of rotatable bonds is 5. The summed E-state index contributed by atoms with van der Waals surface area (Å²) in [7, 11) is -2.90. The number of hydrogen-bond donors (Lipinski definition) is 1. The molecule has 0 aliphatic carbocycles. The summed E-state index contributed by atoms with van der Waals surface area (Å²) in [5.74, 6) is 0. The molecule has 1 rings (SSSR count). The second-order valence-electron chi connectivity index (χ2n) is 2.83. The first kappa shape index (κ1) is 12.9. The molecule has 0 unspecified atom stereocenters. The summed E-state index contributed by atoms with van der Waals surface area (Å²) in [6.07, 6.45) is 0. The largest absolute Gasteiger partial charge is 0.446 e. The third-order valence-electron chi connectivity index (χ3n) is 1.76. The Morgan fingerprint density at radius 2 is 1.60 bits per heavy atom. The van der Waals surface area contributed by atoms with Crippen LogP contribution in [0, 0.1) is 0 Å². The first-order valence-corrected chi connectivity index (χ1v) is 6.75. The van der Waals surface area contributed by atoms with Crippen molar-refractivity contribution in [3.05, 3.63) is 29.3 Å². The SMILES string of the molecule is CCO[P+](O)(OCC)c1ccc(Cl)cc1. The predicted molar refractivity (Wildman–Crippen MR) is 63.5 cm³/mol. The highest BCUT2D eigenvalue weighted by molar-refractivity contribution is 7.68. The minimum absolute atomic E-state index is 0.410. The van der Waals surface area contributed by atoms with E-state index in [1.165, 1.54) is 0 Å². The standard InChI is InChI=1S/C10H15ClO3P/c1-3-13-15(12,14-4-2)10-7-5-9(11)6-8-10/h5-8,12H,3-4H2,1-2H3/q+1. The van der Waals surface area contributed by atoms with Crippen LogP contribution in [0.2, 0.25) is 5.02 Å². The van der Waals surface area contributed by atoms with Gasteiger partial charge in [-0.2, -0.15) is 13.9 Å². The molecule has 3 nitrogen and oxygen atoms in total. The fraction of sp³-hybridized carbons (Fsp3) is 0.400. The molecule has 0 heterocycles. The van der Waals surface area contributed by atoms with Crippen LogP contribution in [0.5, 0.6) is 0 Å². The van der Waals surface area contributed by atoms with Crippen LogP contribution in [-0.4, -0.2) is 18.1 Å². The quantitative estimate of drug-likeness (QED) is 0.816. The summed E-state index contributed by atoms with van der Waals surface area (Å²) in [4.78, 5) is 10.2. The van der Waals surface area contributed by atoms with Crippen LogP contribution >= 0.6 is 19.5 Å². The van der Waals surface area contributed by atoms with Gasteiger partial charge in [-0.15, -0.1) is 0 Å². The first-order valence-electron chi connectivity index (χ1n) is 4.79. The van der Waals surface area contributed by atoms with E-state index in [4.69, 9.17) is 20.6 Å². The molecule has 84 valence electrons. The minimum atomic E-state index is -2.90. The molecule has 1 N–H and O–H groups in total. The Morgan fingerprint density at radius 3 is 2.00 bits per heavy atom. The average Bonchev–Trinajstić information content (AvgIpc) is 2.19. The summed E-state index contributed by atoms with van der Waals surface area (Å²) < 4.78 is 10.6. The van der Waals surface area contributed by atoms with Crippen molar-refractivity contribution in [2.45, 2.75) is 13.8 Å². The zero-order valence-electron chi connectivity index (χ0n) is 8.81. The van der Waals surface area contributed by atoms with Crippen LogP contribution in [0.3, 0.4) is 0 Å². The second kappa shape index (κ2) is 5.78. The topological polar surface area (TPSA) is 38.7 Å². The molecule has 5 heteroatoms. The first-order chi connectivity index (χ1) is 7.12. The fourth-order valence-corrected chi connectivity index (χ4v) is 2.89. The Bertz CT molecular complexity index is 296. The molecule has 0 aliphatic heterocycles. The van der Waals surface area contributed by atoms with Crippen molar-refractivity contribution in [1.29, 1.82) is 0 Å². The number of hydrogen-bond acceptors (Lipinski definition) is 3. The molecule has 1 aromatic carbocycles. The van der Waals surface area contributed by atoms with Gasteiger partial charge in [-0.25, -0.2) is 0 Å². The molecule has 0 spiro atoms. The van der Waals surface area contributed by atoms with E-state index in [0.29, 0.717) is 23.5 Å². The number of benzene rings is 1. The monoisotopic (exact) mass is 249 g/mol. The van der Waals surface area contributed by atoms with Gasteiger partial charge in [0.1, 0.15) is 0 Å². The van der Waals surface area contributed by atoms with Crippen LogP contribution in [-0.2, 0) is 9.05 Å². The van der Waals surface area contributed by atoms with Crippen molar-refractivity contribution in [3.8, 4) is 0 Å². The Labute approximate surface area is 95.6 Å². The highest BCUT2D eigenvalue weighted by Gasteiger charge is 2.43. The summed E-state index contributed by atoms with van der Waals surface area (Å²) in [5, 5.41) is 1.27. The molecule has 0 aromatic heterocycles. The molecule has 0 bridgehead atoms. The van der Waals surface area contributed by atoms with Crippen molar-refractivity contribution >= 4 is 24.8 Å². The molecule has 15 heavy (non-hydrogen) atoms. The van der Waals surface area contributed by atoms with Gasteiger partial charge >= 0.3 is 7.94 Å². The second-order valence-corrected chi connectivity index (χ2v) is 5.34. The third kappa shape index (κ3) is 3.40. The van der Waals surface area contributed by atoms with Crippen molar-refractivity contribution in [1.82, 2.24) is 0 Å². The lowest BCUT2D eigenvalue weighted by molar-refractivity contribution is 0.200. The molecular formula is C10H15ClO3P+. The molecule has 1 aromatic rings. The highest BCUT2D eigenvalue weighted by atomic mass is 35.5. The van der Waals surface area contributed by atoms with E-state index in [-0.39, 0.29) is 0 Å². The molecule has 0 saturated heterocycles. The third-order valence-corrected chi connectivity index (χ3v) is 4.18. The fourth-order valence-electron chi connectivity index (χ4n) is 1.17. The van der Waals surface area contributed by atoms with E-state index in [2.05, 4.69) is 0 Å². The van der Waals surface area contributed by atoms with Crippen LogP contribution in [0.1, 0.15) is 13.8 Å². The summed E-state index contributed by atoms with van der Waals surface area (Å²) in [6, 6.07) is 6.86. The molecule has 0 atom stereocenters. The summed E-state index contributed by atoms with van der Waals surface area (Å²) in [5.41, 5.74) is 0. The Morgan fingerprint density at radius 1 is 1.13 bits per heavy atom. The maximum Gasteiger partial charge on any atom is 0.446 e. The van der Waals surface area contributed by atoms with Crippen LogP contribution < -0.4 is 5.30 Å². The smallest absolute Gasteiger partial charge is 0.188 e. The lowest BCUT2D eigenvalue weighted by Crippen LogP contribution is -2.16. The van der Waals surface area contributed by atoms with Gasteiger partial charge in [0, 0.05) is 5.02 Å². The zero-order chi connectivity index (χ0) is 11.3. The van der Waals surface area contributed by atoms with Crippen molar-refractivity contribution in [2.75, 3.05) is 13.2 Å². The van der Waals surface area contributed by atoms with Gasteiger partial charge in [-0.3, -0.25) is 0 Å². The summed E-state index contributed by atoms with van der Waals surface area (Å²) in [6.45, 7) is 4.46. The van der Waals surface area contributed by atoms with Gasteiger partial charge in [-0.1, -0.05) is 11.6 Å². The molecular weight excluding hydrogens is 235 g/mol. The Kier molecular flexibility index (Phi) is 4.97. The minimum Gasteiger partial charge on any atom is -0.188 e. The van der Waals surface area contributed by atoms with E-state index in [1.54, 1.807) is 24.3 Å². The Balaban J connectivity index is 2.92. The van der Waals surface area contributed by atoms with Gasteiger partial charge in [0.15, 0.2) is 5.30 Å².